The minimum Gasteiger partial charge on any atom is -0.493 e. The number of ether oxygens (including phenoxy) is 2. The van der Waals surface area contributed by atoms with Gasteiger partial charge in [-0.05, 0) is 36.8 Å². The van der Waals surface area contributed by atoms with E-state index in [0.717, 1.165) is 5.56 Å². The summed E-state index contributed by atoms with van der Waals surface area (Å²) in [5.74, 6) is 1.12. The topological polar surface area (TPSA) is 82.0 Å². The summed E-state index contributed by atoms with van der Waals surface area (Å²) in [6.07, 6.45) is 3.71. The number of aryl methyl sites for hydroxylation is 1. The lowest BCUT2D eigenvalue weighted by molar-refractivity contribution is 0.355. The van der Waals surface area contributed by atoms with E-state index in [4.69, 9.17) is 9.47 Å². The Labute approximate surface area is 179 Å². The Morgan fingerprint density at radius 1 is 1.06 bits per heavy atom. The Morgan fingerprint density at radius 2 is 1.77 bits per heavy atom. The Kier molecular flexibility index (Phi) is 6.69. The molecule has 0 radical (unpaired) electrons. The van der Waals surface area contributed by atoms with Gasteiger partial charge in [-0.2, -0.15) is 0 Å². The van der Waals surface area contributed by atoms with Crippen LogP contribution in [-0.4, -0.2) is 33.7 Å². The minimum absolute atomic E-state index is 0.272. The highest BCUT2D eigenvalue weighted by Gasteiger charge is 2.12. The lowest BCUT2D eigenvalue weighted by atomic mass is 10.2. The molecule has 4 rings (SSSR count). The number of rotatable bonds is 5. The van der Waals surface area contributed by atoms with Gasteiger partial charge in [-0.15, -0.1) is 0 Å². The zero-order chi connectivity index (χ0) is 22.5. The van der Waals surface area contributed by atoms with Crippen molar-refractivity contribution in [2.45, 2.75) is 27.2 Å². The predicted molar refractivity (Wildman–Crippen MR) is 118 cm³/mol. The molecule has 8 heteroatoms. The number of imidazole rings is 1. The first-order chi connectivity index (χ1) is 15.0. The molecule has 0 aliphatic rings. The van der Waals surface area contributed by atoms with E-state index in [1.807, 2.05) is 26.8 Å². The van der Waals surface area contributed by atoms with Gasteiger partial charge in [0.25, 0.3) is 5.56 Å². The molecule has 0 aliphatic heterocycles. The second kappa shape index (κ2) is 9.42. The van der Waals surface area contributed by atoms with Gasteiger partial charge < -0.3 is 19.0 Å². The molecule has 7 nitrogen and oxygen atoms in total. The average Bonchev–Trinajstić information content (AvgIpc) is 3.22. The maximum absolute atomic E-state index is 13.7. The summed E-state index contributed by atoms with van der Waals surface area (Å²) >= 11 is 0. The van der Waals surface area contributed by atoms with Crippen molar-refractivity contribution in [1.29, 1.82) is 0 Å². The van der Waals surface area contributed by atoms with Gasteiger partial charge in [0.2, 0.25) is 0 Å². The fourth-order valence-corrected chi connectivity index (χ4v) is 3.23. The number of aromatic nitrogens is 4. The molecule has 0 aliphatic carbocycles. The van der Waals surface area contributed by atoms with E-state index < -0.39 is 0 Å². The van der Waals surface area contributed by atoms with E-state index in [0.29, 0.717) is 46.0 Å². The van der Waals surface area contributed by atoms with Gasteiger partial charge in [0.05, 0.1) is 37.1 Å². The smallest absolute Gasteiger partial charge is 0.258 e. The van der Waals surface area contributed by atoms with Crippen molar-refractivity contribution in [3.8, 4) is 17.2 Å². The van der Waals surface area contributed by atoms with E-state index in [1.165, 1.54) is 26.4 Å². The highest BCUT2D eigenvalue weighted by Crippen LogP contribution is 2.30. The van der Waals surface area contributed by atoms with Crippen LogP contribution in [-0.2, 0) is 6.42 Å². The van der Waals surface area contributed by atoms with E-state index in [9.17, 15) is 9.18 Å². The average molecular weight is 424 g/mol. The van der Waals surface area contributed by atoms with Crippen LogP contribution < -0.4 is 15.0 Å². The minimum atomic E-state index is -0.305. The van der Waals surface area contributed by atoms with Gasteiger partial charge in [0.15, 0.2) is 11.5 Å². The number of halogens is 1. The standard InChI is InChI=1S/C21H19FN4O3.C2H6/c1-12-4-13(22)6-15(5-12)26-10-14(23-11-26)7-20-24-17-9-19(29-3)18(28-2)8-16(17)21(27)25-20;1-2/h4-6,8-11H,7H2,1-3H3,(H,24,25,27);1-2H3. The van der Waals surface area contributed by atoms with E-state index in [-0.39, 0.29) is 11.4 Å². The molecule has 0 saturated heterocycles. The largest absolute Gasteiger partial charge is 0.493 e. The Morgan fingerprint density at radius 3 is 2.45 bits per heavy atom. The number of methoxy groups -OCH3 is 2. The monoisotopic (exact) mass is 424 g/mol. The number of benzene rings is 2. The van der Waals surface area contributed by atoms with Crippen molar-refractivity contribution in [3.63, 3.8) is 0 Å². The van der Waals surface area contributed by atoms with Crippen LogP contribution in [0.15, 0.2) is 47.7 Å². The fourth-order valence-electron chi connectivity index (χ4n) is 3.23. The molecule has 0 spiro atoms. The molecule has 2 aromatic carbocycles. The summed E-state index contributed by atoms with van der Waals surface area (Å²) in [6, 6.07) is 8.04. The summed E-state index contributed by atoms with van der Waals surface area (Å²) in [4.78, 5) is 24.2. The first kappa shape index (κ1) is 22.0. The third kappa shape index (κ3) is 4.74. The molecule has 0 fully saturated rings. The predicted octanol–water partition coefficient (Wildman–Crippen LogP) is 4.19. The molecule has 2 aromatic heterocycles. The third-order valence-electron chi connectivity index (χ3n) is 4.57. The van der Waals surface area contributed by atoms with Crippen molar-refractivity contribution in [3.05, 3.63) is 76.1 Å². The van der Waals surface area contributed by atoms with Crippen LogP contribution in [0.4, 0.5) is 4.39 Å². The van der Waals surface area contributed by atoms with Gasteiger partial charge >= 0.3 is 0 Å². The first-order valence-electron chi connectivity index (χ1n) is 9.92. The molecular weight excluding hydrogens is 399 g/mol. The Bertz CT molecular complexity index is 1240. The van der Waals surface area contributed by atoms with Gasteiger partial charge in [0, 0.05) is 24.4 Å². The van der Waals surface area contributed by atoms with Crippen molar-refractivity contribution >= 4 is 10.9 Å². The van der Waals surface area contributed by atoms with Crippen molar-refractivity contribution < 1.29 is 13.9 Å². The summed E-state index contributed by atoms with van der Waals surface area (Å²) in [6.45, 7) is 5.83. The lowest BCUT2D eigenvalue weighted by Crippen LogP contribution is -2.12. The van der Waals surface area contributed by atoms with Crippen LogP contribution in [0.2, 0.25) is 0 Å². The zero-order valence-electron chi connectivity index (χ0n) is 18.2. The molecule has 31 heavy (non-hydrogen) atoms. The molecule has 4 aromatic rings. The Hall–Kier alpha value is -3.68. The van der Waals surface area contributed by atoms with Crippen molar-refractivity contribution in [2.75, 3.05) is 14.2 Å². The van der Waals surface area contributed by atoms with Gasteiger partial charge in [-0.25, -0.2) is 14.4 Å². The van der Waals surface area contributed by atoms with Crippen LogP contribution in [0.3, 0.4) is 0 Å². The van der Waals surface area contributed by atoms with Gasteiger partial charge in [0.1, 0.15) is 11.6 Å². The molecular formula is C23H25FN4O3. The van der Waals surface area contributed by atoms with E-state index in [2.05, 4.69) is 15.0 Å². The summed E-state index contributed by atoms with van der Waals surface area (Å²) in [5, 5.41) is 0.409. The van der Waals surface area contributed by atoms with E-state index in [1.54, 1.807) is 29.2 Å². The van der Waals surface area contributed by atoms with Gasteiger partial charge in [-0.3, -0.25) is 4.79 Å². The maximum Gasteiger partial charge on any atom is 0.258 e. The number of H-pyrrole nitrogens is 1. The van der Waals surface area contributed by atoms with Crippen LogP contribution in [0, 0.1) is 12.7 Å². The summed E-state index contributed by atoms with van der Waals surface area (Å²) < 4.78 is 25.9. The maximum atomic E-state index is 13.7. The zero-order valence-corrected chi connectivity index (χ0v) is 18.2. The van der Waals surface area contributed by atoms with Crippen molar-refractivity contribution in [2.24, 2.45) is 0 Å². The molecule has 1 N–H and O–H groups in total. The highest BCUT2D eigenvalue weighted by atomic mass is 19.1. The molecule has 0 saturated carbocycles. The first-order valence-corrected chi connectivity index (χ1v) is 9.92. The van der Waals surface area contributed by atoms with E-state index >= 15 is 0 Å². The number of hydrogen-bond donors (Lipinski definition) is 1. The molecule has 2 heterocycles. The SMILES string of the molecule is CC.COc1cc2nc(Cc3cn(-c4cc(C)cc(F)c4)cn3)[nH]c(=O)c2cc1OC. The van der Waals surface area contributed by atoms with Gasteiger partial charge in [-0.1, -0.05) is 13.8 Å². The van der Waals surface area contributed by atoms with Crippen molar-refractivity contribution in [1.82, 2.24) is 19.5 Å². The highest BCUT2D eigenvalue weighted by molar-refractivity contribution is 5.81. The molecule has 0 atom stereocenters. The molecule has 0 bridgehead atoms. The Balaban J connectivity index is 0.00000132. The number of hydrogen-bond acceptors (Lipinski definition) is 5. The fraction of sp³-hybridized carbons (Fsp3) is 0.261. The van der Waals surface area contributed by atoms with Crippen LogP contribution >= 0.6 is 0 Å². The second-order valence-corrected chi connectivity index (χ2v) is 6.67. The molecule has 162 valence electrons. The van der Waals surface area contributed by atoms with Crippen LogP contribution in [0.25, 0.3) is 16.6 Å². The quantitative estimate of drug-likeness (QED) is 0.519. The lowest BCUT2D eigenvalue weighted by Gasteiger charge is -2.09. The van der Waals surface area contributed by atoms with Crippen LogP contribution in [0.1, 0.15) is 30.9 Å². The number of nitrogens with one attached hydrogen (secondary N) is 1. The third-order valence-corrected chi connectivity index (χ3v) is 4.57. The summed E-state index contributed by atoms with van der Waals surface area (Å²) in [5.41, 5.74) is 2.42. The number of fused-ring (bicyclic) bond motifs is 1. The molecule has 0 amide bonds. The number of nitrogens with zero attached hydrogens (tertiary/aromatic N) is 3. The molecule has 0 unspecified atom stereocenters. The number of aromatic amines is 1. The second-order valence-electron chi connectivity index (χ2n) is 6.67. The summed E-state index contributed by atoms with van der Waals surface area (Å²) in [7, 11) is 3.04. The van der Waals surface area contributed by atoms with Crippen LogP contribution in [0.5, 0.6) is 11.5 Å². The normalized spacial score (nSPS) is 10.5.